The van der Waals surface area contributed by atoms with E-state index in [-0.39, 0.29) is 5.92 Å². The number of rotatable bonds is 5. The molecule has 0 radical (unpaired) electrons. The van der Waals surface area contributed by atoms with E-state index >= 15 is 0 Å². The molecule has 2 aliphatic heterocycles. The van der Waals surface area contributed by atoms with E-state index in [2.05, 4.69) is 49.7 Å². The van der Waals surface area contributed by atoms with Crippen LogP contribution in [0.2, 0.25) is 0 Å². The molecule has 0 aromatic heterocycles. The van der Waals surface area contributed by atoms with Crippen molar-refractivity contribution in [2.75, 3.05) is 7.05 Å². The number of hydrogen-bond donors (Lipinski definition) is 0. The Labute approximate surface area is 140 Å². The summed E-state index contributed by atoms with van der Waals surface area (Å²) in [7, 11) is 2.21. The van der Waals surface area contributed by atoms with Crippen molar-refractivity contribution in [1.82, 2.24) is 4.90 Å². The summed E-state index contributed by atoms with van der Waals surface area (Å²) in [5.41, 5.74) is 3.75. The molecule has 0 N–H and O–H groups in total. The fourth-order valence-corrected chi connectivity index (χ4v) is 4.65. The first-order valence-electron chi connectivity index (χ1n) is 9.09. The zero-order valence-corrected chi connectivity index (χ0v) is 14.7. The highest BCUT2D eigenvalue weighted by molar-refractivity contribution is 5.83. The maximum absolute atomic E-state index is 12.7. The van der Waals surface area contributed by atoms with E-state index in [1.165, 1.54) is 29.5 Å². The first-order valence-corrected chi connectivity index (χ1v) is 9.09. The van der Waals surface area contributed by atoms with Crippen LogP contribution in [0.3, 0.4) is 0 Å². The average molecular weight is 311 g/mol. The van der Waals surface area contributed by atoms with E-state index in [1.807, 2.05) is 6.92 Å². The molecule has 2 heterocycles. The van der Waals surface area contributed by atoms with Crippen LogP contribution in [-0.2, 0) is 4.79 Å². The summed E-state index contributed by atoms with van der Waals surface area (Å²) in [4.78, 5) is 15.1. The van der Waals surface area contributed by atoms with Gasteiger partial charge in [0, 0.05) is 24.4 Å². The minimum Gasteiger partial charge on any atom is -0.300 e. The molecule has 2 saturated heterocycles. The molecule has 2 bridgehead atoms. The number of carbonyl (C=O) groups excluding carboxylic acids is 1. The lowest BCUT2D eigenvalue weighted by atomic mass is 9.73. The van der Waals surface area contributed by atoms with E-state index in [1.54, 1.807) is 0 Å². The highest BCUT2D eigenvalue weighted by Gasteiger charge is 2.48. The Bertz CT molecular complexity index is 588. The summed E-state index contributed by atoms with van der Waals surface area (Å²) < 4.78 is 0. The van der Waals surface area contributed by atoms with Gasteiger partial charge in [0.2, 0.25) is 0 Å². The van der Waals surface area contributed by atoms with Crippen molar-refractivity contribution < 1.29 is 4.79 Å². The maximum Gasteiger partial charge on any atom is 0.137 e. The lowest BCUT2D eigenvalue weighted by molar-refractivity contribution is -0.126. The van der Waals surface area contributed by atoms with Crippen LogP contribution in [0.5, 0.6) is 0 Å². The van der Waals surface area contributed by atoms with E-state index in [0.717, 1.165) is 12.8 Å². The number of allylic oxidation sites excluding steroid dienone is 1. The molecule has 2 fully saturated rings. The van der Waals surface area contributed by atoms with E-state index in [0.29, 0.717) is 30.2 Å². The summed E-state index contributed by atoms with van der Waals surface area (Å²) in [5, 5.41) is 0. The van der Waals surface area contributed by atoms with Crippen molar-refractivity contribution in [2.24, 2.45) is 5.92 Å². The zero-order valence-electron chi connectivity index (χ0n) is 14.7. The normalized spacial score (nSPS) is 30.4. The Hall–Kier alpha value is -1.41. The minimum atomic E-state index is 0.170. The predicted octanol–water partition coefficient (Wildman–Crippen LogP) is 4.66. The van der Waals surface area contributed by atoms with Crippen LogP contribution in [0.1, 0.15) is 63.0 Å². The molecule has 2 heteroatoms. The summed E-state index contributed by atoms with van der Waals surface area (Å²) >= 11 is 0. The number of nitrogens with zero attached hydrogens (tertiary/aromatic N) is 1. The van der Waals surface area contributed by atoms with E-state index in [4.69, 9.17) is 0 Å². The molecular weight excluding hydrogens is 282 g/mol. The first kappa shape index (κ1) is 16.4. The fraction of sp³-hybridized carbons (Fsp3) is 0.571. The Balaban J connectivity index is 1.90. The number of Topliss-reactive ketones (excluding diaryl/α,β-unsaturated/α-hetero) is 1. The maximum atomic E-state index is 12.7. The second kappa shape index (κ2) is 6.60. The summed E-state index contributed by atoms with van der Waals surface area (Å²) in [5.74, 6) is 0.998. The van der Waals surface area contributed by atoms with Crippen molar-refractivity contribution in [1.29, 1.82) is 0 Å². The highest BCUT2D eigenvalue weighted by Crippen LogP contribution is 2.46. The third kappa shape index (κ3) is 2.89. The van der Waals surface area contributed by atoms with E-state index in [9.17, 15) is 4.79 Å². The van der Waals surface area contributed by atoms with Crippen LogP contribution in [0, 0.1) is 5.92 Å². The van der Waals surface area contributed by atoms with Crippen molar-refractivity contribution in [3.05, 3.63) is 42.0 Å². The number of ketones is 1. The molecule has 0 aliphatic carbocycles. The molecule has 124 valence electrons. The monoisotopic (exact) mass is 311 g/mol. The number of benzene rings is 1. The minimum absolute atomic E-state index is 0.170. The van der Waals surface area contributed by atoms with Gasteiger partial charge < -0.3 is 0 Å². The molecule has 2 aliphatic rings. The molecule has 1 aromatic carbocycles. The topological polar surface area (TPSA) is 20.3 Å². The largest absolute Gasteiger partial charge is 0.300 e. The van der Waals surface area contributed by atoms with Crippen molar-refractivity contribution in [3.63, 3.8) is 0 Å². The van der Waals surface area contributed by atoms with Crippen molar-refractivity contribution in [2.45, 2.75) is 64.0 Å². The van der Waals surface area contributed by atoms with Gasteiger partial charge in [-0.25, -0.2) is 0 Å². The van der Waals surface area contributed by atoms with Gasteiger partial charge in [-0.1, -0.05) is 44.7 Å². The lowest BCUT2D eigenvalue weighted by Gasteiger charge is -2.42. The van der Waals surface area contributed by atoms with Gasteiger partial charge in [-0.05, 0) is 55.3 Å². The summed E-state index contributed by atoms with van der Waals surface area (Å²) in [6, 6.07) is 9.94. The quantitative estimate of drug-likeness (QED) is 0.788. The lowest BCUT2D eigenvalue weighted by Crippen LogP contribution is -2.48. The molecule has 0 amide bonds. The van der Waals surface area contributed by atoms with Crippen LogP contribution in [0.15, 0.2) is 30.8 Å². The van der Waals surface area contributed by atoms with Crippen LogP contribution in [-0.4, -0.2) is 29.8 Å². The molecule has 4 atom stereocenters. The van der Waals surface area contributed by atoms with Crippen LogP contribution >= 0.6 is 0 Å². The van der Waals surface area contributed by atoms with Gasteiger partial charge in [0.15, 0.2) is 0 Å². The third-order valence-electron chi connectivity index (χ3n) is 6.16. The van der Waals surface area contributed by atoms with E-state index < -0.39 is 0 Å². The SMILES string of the molecule is C=C(CC)c1ccc([C@H]2CC3CCC([C@H]2C(=O)CC)N3C)cc1. The smallest absolute Gasteiger partial charge is 0.137 e. The molecule has 3 rings (SSSR count). The van der Waals surface area contributed by atoms with Gasteiger partial charge in [-0.15, -0.1) is 0 Å². The Morgan fingerprint density at radius 1 is 1.17 bits per heavy atom. The van der Waals surface area contributed by atoms with Gasteiger partial charge in [0.1, 0.15) is 5.78 Å². The number of hydrogen-bond acceptors (Lipinski definition) is 2. The van der Waals surface area contributed by atoms with Gasteiger partial charge >= 0.3 is 0 Å². The van der Waals surface area contributed by atoms with Gasteiger partial charge in [0.25, 0.3) is 0 Å². The zero-order chi connectivity index (χ0) is 16.6. The molecule has 1 aromatic rings. The highest BCUT2D eigenvalue weighted by atomic mass is 16.1. The second-order valence-corrected chi connectivity index (χ2v) is 7.23. The second-order valence-electron chi connectivity index (χ2n) is 7.23. The van der Waals surface area contributed by atoms with Gasteiger partial charge in [-0.2, -0.15) is 0 Å². The average Bonchev–Trinajstić information content (AvgIpc) is 2.83. The Morgan fingerprint density at radius 3 is 2.48 bits per heavy atom. The molecule has 0 saturated carbocycles. The number of carbonyl (C=O) groups is 1. The van der Waals surface area contributed by atoms with Crippen molar-refractivity contribution >= 4 is 11.4 Å². The first-order chi connectivity index (χ1) is 11.1. The van der Waals surface area contributed by atoms with Gasteiger partial charge in [0.05, 0.1) is 0 Å². The van der Waals surface area contributed by atoms with Crippen LogP contribution in [0.4, 0.5) is 0 Å². The molecule has 23 heavy (non-hydrogen) atoms. The Morgan fingerprint density at radius 2 is 1.87 bits per heavy atom. The predicted molar refractivity (Wildman–Crippen MR) is 96.5 cm³/mol. The summed E-state index contributed by atoms with van der Waals surface area (Å²) in [6.07, 6.45) is 5.18. The summed E-state index contributed by atoms with van der Waals surface area (Å²) in [6.45, 7) is 8.27. The molecule has 0 spiro atoms. The molecular formula is C21H29NO. The standard InChI is InChI=1S/C21H29NO/c1-5-14(3)15-7-9-16(10-8-15)18-13-17-11-12-19(22(17)4)21(18)20(23)6-2/h7-10,17-19,21H,3,5-6,11-13H2,1-2,4H3/t17?,18-,19?,21+/m1/s1. The van der Waals surface area contributed by atoms with Crippen LogP contribution < -0.4 is 0 Å². The molecule has 2 unspecified atom stereocenters. The number of piperidine rings is 1. The van der Waals surface area contributed by atoms with Gasteiger partial charge in [-0.3, -0.25) is 9.69 Å². The Kier molecular flexibility index (Phi) is 4.72. The third-order valence-corrected chi connectivity index (χ3v) is 6.16. The van der Waals surface area contributed by atoms with Crippen molar-refractivity contribution in [3.8, 4) is 0 Å². The van der Waals surface area contributed by atoms with Crippen LogP contribution in [0.25, 0.3) is 5.57 Å². The molecule has 2 nitrogen and oxygen atoms in total. The number of fused-ring (bicyclic) bond motifs is 2. The fourth-order valence-electron chi connectivity index (χ4n) is 4.65.